The lowest BCUT2D eigenvalue weighted by Crippen LogP contribution is -2.03. The van der Waals surface area contributed by atoms with E-state index in [9.17, 15) is 4.79 Å². The number of pyridine rings is 1. The van der Waals surface area contributed by atoms with Crippen molar-refractivity contribution in [3.63, 3.8) is 0 Å². The van der Waals surface area contributed by atoms with Gasteiger partial charge in [-0.05, 0) is 24.4 Å². The highest BCUT2D eigenvalue weighted by atomic mass is 32.1. The molecule has 2 aromatic rings. The molecule has 0 aliphatic carbocycles. The van der Waals surface area contributed by atoms with E-state index in [4.69, 9.17) is 12.2 Å². The van der Waals surface area contributed by atoms with Crippen molar-refractivity contribution in [2.24, 2.45) is 0 Å². The maximum Gasteiger partial charge on any atom is 0.356 e. The summed E-state index contributed by atoms with van der Waals surface area (Å²) in [5.41, 5.74) is 1.67. The molecule has 0 amide bonds. The first kappa shape index (κ1) is 10.6. The van der Waals surface area contributed by atoms with Gasteiger partial charge in [-0.1, -0.05) is 0 Å². The summed E-state index contributed by atoms with van der Waals surface area (Å²) in [6.45, 7) is 0. The summed E-state index contributed by atoms with van der Waals surface area (Å²) in [6.07, 6.45) is 3.30. The number of aromatic amines is 2. The van der Waals surface area contributed by atoms with Crippen LogP contribution in [0, 0.1) is 4.77 Å². The number of carbonyl (C=O) groups excluding carboxylic acids is 1. The maximum atomic E-state index is 11.5. The molecule has 2 heterocycles. The summed E-state index contributed by atoms with van der Waals surface area (Å²) in [6, 6.07) is 3.61. The molecule has 0 radical (unpaired) electrons. The third-order valence-corrected chi connectivity index (χ3v) is 2.27. The molecule has 5 nitrogen and oxygen atoms in total. The van der Waals surface area contributed by atoms with Gasteiger partial charge in [0.2, 0.25) is 0 Å². The fraction of sp³-hybridized carbons (Fsp3) is 0.100. The molecular weight excluding hydrogens is 226 g/mol. The molecule has 2 rings (SSSR count). The van der Waals surface area contributed by atoms with Crippen LogP contribution in [0.25, 0.3) is 11.3 Å². The Balaban J connectivity index is 2.57. The standard InChI is InChI=1S/C10H9N3O2S/c1-15-9(14)8-7(12-10(16)13-8)6-3-2-4-11-5-6/h2-5H,1H3,(H2,12,13,16). The molecule has 0 saturated carbocycles. The van der Waals surface area contributed by atoms with E-state index in [-0.39, 0.29) is 0 Å². The summed E-state index contributed by atoms with van der Waals surface area (Å²) < 4.78 is 5.03. The summed E-state index contributed by atoms with van der Waals surface area (Å²) in [5.74, 6) is -0.466. The van der Waals surface area contributed by atoms with Gasteiger partial charge in [-0.25, -0.2) is 4.79 Å². The Morgan fingerprint density at radius 1 is 1.50 bits per heavy atom. The van der Waals surface area contributed by atoms with Crippen LogP contribution in [0.1, 0.15) is 10.5 Å². The molecule has 0 spiro atoms. The Hall–Kier alpha value is -1.95. The number of hydrogen-bond acceptors (Lipinski definition) is 4. The molecule has 6 heteroatoms. The smallest absolute Gasteiger partial charge is 0.356 e. The van der Waals surface area contributed by atoms with E-state index in [0.717, 1.165) is 5.56 Å². The largest absolute Gasteiger partial charge is 0.464 e. The van der Waals surface area contributed by atoms with Crippen LogP contribution in [0.15, 0.2) is 24.5 Å². The van der Waals surface area contributed by atoms with Crippen molar-refractivity contribution in [2.45, 2.75) is 0 Å². The molecule has 0 aliphatic heterocycles. The number of hydrogen-bond donors (Lipinski definition) is 2. The van der Waals surface area contributed by atoms with Crippen LogP contribution < -0.4 is 0 Å². The number of rotatable bonds is 2. The third kappa shape index (κ3) is 1.87. The first-order valence-electron chi connectivity index (χ1n) is 4.53. The lowest BCUT2D eigenvalue weighted by molar-refractivity contribution is 0.0595. The first-order chi connectivity index (χ1) is 7.72. The zero-order valence-corrected chi connectivity index (χ0v) is 9.30. The molecule has 2 aromatic heterocycles. The molecule has 0 atom stereocenters. The summed E-state index contributed by atoms with van der Waals surface area (Å²) in [7, 11) is 1.32. The van der Waals surface area contributed by atoms with Gasteiger partial charge in [0.25, 0.3) is 0 Å². The van der Waals surface area contributed by atoms with Gasteiger partial charge in [0.15, 0.2) is 10.5 Å². The van der Waals surface area contributed by atoms with Gasteiger partial charge in [-0.3, -0.25) is 4.98 Å². The Bertz CT molecular complexity index is 559. The van der Waals surface area contributed by atoms with Crippen molar-refractivity contribution in [1.82, 2.24) is 15.0 Å². The molecule has 0 aromatic carbocycles. The number of esters is 1. The average Bonchev–Trinajstić information content (AvgIpc) is 2.71. The van der Waals surface area contributed by atoms with Crippen molar-refractivity contribution in [1.29, 1.82) is 0 Å². The van der Waals surface area contributed by atoms with Crippen molar-refractivity contribution >= 4 is 18.2 Å². The number of nitrogens with one attached hydrogen (secondary N) is 2. The topological polar surface area (TPSA) is 70.8 Å². The average molecular weight is 235 g/mol. The molecule has 16 heavy (non-hydrogen) atoms. The highest BCUT2D eigenvalue weighted by Crippen LogP contribution is 2.19. The number of ether oxygens (including phenoxy) is 1. The number of carbonyl (C=O) groups is 1. The van der Waals surface area contributed by atoms with Crippen LogP contribution in [0.3, 0.4) is 0 Å². The highest BCUT2D eigenvalue weighted by molar-refractivity contribution is 7.71. The lowest BCUT2D eigenvalue weighted by Gasteiger charge is -2.00. The van der Waals surface area contributed by atoms with E-state index in [0.29, 0.717) is 16.2 Å². The number of aromatic nitrogens is 3. The fourth-order valence-electron chi connectivity index (χ4n) is 1.37. The van der Waals surface area contributed by atoms with Crippen LogP contribution in [-0.4, -0.2) is 28.0 Å². The summed E-state index contributed by atoms with van der Waals surface area (Å²) in [5, 5.41) is 0. The zero-order chi connectivity index (χ0) is 11.5. The van der Waals surface area contributed by atoms with E-state index in [1.807, 2.05) is 6.07 Å². The van der Waals surface area contributed by atoms with Crippen molar-refractivity contribution < 1.29 is 9.53 Å². The highest BCUT2D eigenvalue weighted by Gasteiger charge is 2.15. The van der Waals surface area contributed by atoms with Gasteiger partial charge in [-0.15, -0.1) is 0 Å². The van der Waals surface area contributed by atoms with Crippen LogP contribution in [-0.2, 0) is 4.74 Å². The Kier molecular flexibility index (Phi) is 2.82. The third-order valence-electron chi connectivity index (χ3n) is 2.07. The Labute approximate surface area is 96.5 Å². The van der Waals surface area contributed by atoms with Crippen molar-refractivity contribution in [3.8, 4) is 11.3 Å². The monoisotopic (exact) mass is 235 g/mol. The van der Waals surface area contributed by atoms with Gasteiger partial charge in [0.05, 0.1) is 12.8 Å². The first-order valence-corrected chi connectivity index (χ1v) is 4.94. The van der Waals surface area contributed by atoms with E-state index < -0.39 is 5.97 Å². The van der Waals surface area contributed by atoms with Gasteiger partial charge in [-0.2, -0.15) is 0 Å². The van der Waals surface area contributed by atoms with Crippen molar-refractivity contribution in [2.75, 3.05) is 7.11 Å². The second-order valence-corrected chi connectivity index (χ2v) is 3.47. The molecule has 0 saturated heterocycles. The van der Waals surface area contributed by atoms with Crippen LogP contribution in [0.4, 0.5) is 0 Å². The number of imidazole rings is 1. The number of methoxy groups -OCH3 is 1. The van der Waals surface area contributed by atoms with E-state index in [1.165, 1.54) is 7.11 Å². The second kappa shape index (κ2) is 4.28. The zero-order valence-electron chi connectivity index (χ0n) is 8.48. The predicted molar refractivity (Wildman–Crippen MR) is 60.5 cm³/mol. The predicted octanol–water partition coefficient (Wildman–Crippen LogP) is 1.92. The summed E-state index contributed by atoms with van der Waals surface area (Å²) >= 11 is 4.95. The number of nitrogens with zero attached hydrogens (tertiary/aromatic N) is 1. The minimum atomic E-state index is -0.466. The van der Waals surface area contributed by atoms with E-state index >= 15 is 0 Å². The van der Waals surface area contributed by atoms with E-state index in [1.54, 1.807) is 18.5 Å². The second-order valence-electron chi connectivity index (χ2n) is 3.06. The molecular formula is C10H9N3O2S. The minimum Gasteiger partial charge on any atom is -0.464 e. The van der Waals surface area contributed by atoms with Crippen LogP contribution in [0.2, 0.25) is 0 Å². The van der Waals surface area contributed by atoms with Gasteiger partial charge in [0.1, 0.15) is 0 Å². The SMILES string of the molecule is COC(=O)c1[nH]c(=S)[nH]c1-c1cccnc1. The molecule has 2 N–H and O–H groups in total. The number of H-pyrrole nitrogens is 2. The molecule has 0 fully saturated rings. The normalized spacial score (nSPS) is 10.1. The minimum absolute atomic E-state index is 0.306. The van der Waals surface area contributed by atoms with Gasteiger partial charge >= 0.3 is 5.97 Å². The van der Waals surface area contributed by atoms with Gasteiger partial charge in [0, 0.05) is 18.0 Å². The Morgan fingerprint density at radius 2 is 2.31 bits per heavy atom. The maximum absolute atomic E-state index is 11.5. The molecule has 82 valence electrons. The quantitative estimate of drug-likeness (QED) is 0.616. The van der Waals surface area contributed by atoms with Crippen LogP contribution in [0.5, 0.6) is 0 Å². The summed E-state index contributed by atoms with van der Waals surface area (Å²) in [4.78, 5) is 21.1. The molecule has 0 unspecified atom stereocenters. The molecule has 0 bridgehead atoms. The van der Waals surface area contributed by atoms with Crippen molar-refractivity contribution in [3.05, 3.63) is 35.0 Å². The van der Waals surface area contributed by atoms with Crippen LogP contribution >= 0.6 is 12.2 Å². The van der Waals surface area contributed by atoms with Gasteiger partial charge < -0.3 is 14.7 Å². The molecule has 0 aliphatic rings. The van der Waals surface area contributed by atoms with E-state index in [2.05, 4.69) is 19.7 Å². The lowest BCUT2D eigenvalue weighted by atomic mass is 10.2. The fourth-order valence-corrected chi connectivity index (χ4v) is 1.57. The Morgan fingerprint density at radius 3 is 2.94 bits per heavy atom.